The SMILES string of the molecule is c1ccc(-c2nc(-c3ccccc3)nc(-c3ccc4c(c3)N(c3ccccc3)c3cc(-c5nc(-c6ccccc6)nc(-c6ccccc6)n5)ccc3B4c3ccc(B4c5ccc(-c6nc(-c7ccccc7)nc(-c7ccccc7)n6)cc5N(c5ccccc5)c5cc(-c6nc(-c7ccccc7)nc(-c7ccccc7)n6)ccc54)cc3)n2)cc1. The predicted octanol–water partition coefficient (Wildman–Crippen LogP) is 19.0. The van der Waals surface area contributed by atoms with Crippen molar-refractivity contribution in [2.45, 2.75) is 0 Å². The summed E-state index contributed by atoms with van der Waals surface area (Å²) >= 11 is 0. The summed E-state index contributed by atoms with van der Waals surface area (Å²) in [5.74, 6) is 6.75. The summed E-state index contributed by atoms with van der Waals surface area (Å²) in [6, 6.07) is 138. The van der Waals surface area contributed by atoms with Crippen LogP contribution >= 0.6 is 0 Å². The third kappa shape index (κ3) is 13.5. The highest BCUT2D eigenvalue weighted by Gasteiger charge is 2.40. The summed E-state index contributed by atoms with van der Waals surface area (Å²) < 4.78 is 0. The topological polar surface area (TPSA) is 161 Å². The minimum Gasteiger partial charge on any atom is -0.311 e. The molecule has 0 amide bonds. The van der Waals surface area contributed by atoms with E-state index >= 15 is 0 Å². The molecule has 0 unspecified atom stereocenters. The van der Waals surface area contributed by atoms with Crippen LogP contribution in [0.2, 0.25) is 0 Å². The third-order valence-electron chi connectivity index (χ3n) is 21.8. The van der Waals surface area contributed by atoms with Gasteiger partial charge in [-0.25, -0.2) is 59.8 Å². The summed E-state index contributed by atoms with van der Waals surface area (Å²) in [5.41, 5.74) is 22.6. The van der Waals surface area contributed by atoms with Crippen molar-refractivity contribution in [3.8, 4) is 137 Å². The molecule has 4 aromatic heterocycles. The maximum atomic E-state index is 5.31. The number of benzene rings is 15. The van der Waals surface area contributed by atoms with Crippen molar-refractivity contribution in [3.05, 3.63) is 400 Å². The molecule has 0 N–H and O–H groups in total. The molecular formula is C102H66B2N14. The quantitative estimate of drug-likeness (QED) is 0.0840. The van der Waals surface area contributed by atoms with Gasteiger partial charge in [0.15, 0.2) is 69.9 Å². The van der Waals surface area contributed by atoms with Gasteiger partial charge in [0.25, 0.3) is 0 Å². The van der Waals surface area contributed by atoms with E-state index in [2.05, 4.69) is 168 Å². The van der Waals surface area contributed by atoms with Crippen LogP contribution in [0, 0.1) is 0 Å². The lowest BCUT2D eigenvalue weighted by atomic mass is 9.33. The minimum absolute atomic E-state index is 0.313. The second kappa shape index (κ2) is 30.5. The Morgan fingerprint density at radius 3 is 0.466 bits per heavy atom. The molecule has 0 bridgehead atoms. The molecule has 0 aliphatic carbocycles. The second-order valence-corrected chi connectivity index (χ2v) is 29.1. The summed E-state index contributed by atoms with van der Waals surface area (Å²) in [5, 5.41) is 0. The van der Waals surface area contributed by atoms with E-state index in [-0.39, 0.29) is 13.4 Å². The van der Waals surface area contributed by atoms with Gasteiger partial charge in [0.2, 0.25) is 13.4 Å². The number of aromatic nitrogens is 12. The van der Waals surface area contributed by atoms with Gasteiger partial charge in [0.1, 0.15) is 0 Å². The van der Waals surface area contributed by atoms with E-state index in [1.807, 2.05) is 243 Å². The van der Waals surface area contributed by atoms with Gasteiger partial charge in [-0.1, -0.05) is 363 Å². The normalized spacial score (nSPS) is 12.0. The van der Waals surface area contributed by atoms with E-state index in [1.165, 1.54) is 0 Å². The van der Waals surface area contributed by atoms with Crippen LogP contribution in [-0.2, 0) is 0 Å². The lowest BCUT2D eigenvalue weighted by Gasteiger charge is -2.38. The van der Waals surface area contributed by atoms with E-state index < -0.39 is 0 Å². The first-order valence-corrected chi connectivity index (χ1v) is 39.3. The number of anilines is 6. The fraction of sp³-hybridized carbons (Fsp3) is 0. The highest BCUT2D eigenvalue weighted by Crippen LogP contribution is 2.43. The minimum atomic E-state index is -0.313. The monoisotopic (exact) mass is 1510 g/mol. The number of hydrogen-bond donors (Lipinski definition) is 0. The average Bonchev–Trinajstić information content (AvgIpc) is 0.725. The molecule has 2 aliphatic rings. The molecule has 19 aromatic rings. The molecule has 0 radical (unpaired) electrons. The molecule has 0 atom stereocenters. The molecule has 14 nitrogen and oxygen atoms in total. The number of fused-ring (bicyclic) bond motifs is 4. The first kappa shape index (κ1) is 70.0. The van der Waals surface area contributed by atoms with Crippen molar-refractivity contribution >= 4 is 80.3 Å². The van der Waals surface area contributed by atoms with Gasteiger partial charge in [-0.15, -0.1) is 0 Å². The van der Waals surface area contributed by atoms with Crippen LogP contribution in [0.3, 0.4) is 0 Å². The highest BCUT2D eigenvalue weighted by molar-refractivity contribution is 6.99. The molecule has 0 saturated heterocycles. The number of hydrogen-bond acceptors (Lipinski definition) is 14. The van der Waals surface area contributed by atoms with Crippen LogP contribution in [0.1, 0.15) is 0 Å². The Morgan fingerprint density at radius 1 is 0.144 bits per heavy atom. The van der Waals surface area contributed by atoms with Crippen LogP contribution in [0.25, 0.3) is 137 Å². The first-order chi connectivity index (χ1) is 58.5. The van der Waals surface area contributed by atoms with Gasteiger partial charge in [-0.05, 0) is 70.4 Å². The maximum absolute atomic E-state index is 5.31. The average molecular weight is 1510 g/mol. The molecule has 118 heavy (non-hydrogen) atoms. The first-order valence-electron chi connectivity index (χ1n) is 39.3. The van der Waals surface area contributed by atoms with Gasteiger partial charge in [0, 0.05) is 101 Å². The summed E-state index contributed by atoms with van der Waals surface area (Å²) in [4.78, 5) is 67.7. The molecule has 0 saturated carbocycles. The summed E-state index contributed by atoms with van der Waals surface area (Å²) in [7, 11) is 0. The molecule has 0 spiro atoms. The molecule has 2 aliphatic heterocycles. The van der Waals surface area contributed by atoms with Crippen LogP contribution in [-0.4, -0.2) is 73.2 Å². The standard InChI is InChI=1S/C102H66B2N14/c1-11-31-67(32-12-1)91-105-92(68-33-13-2-14-34-68)110-99(109-91)75-51-59-83-87(63-75)117(81-47-27-9-28-48-81)88-64-76(100-111-93(69-35-15-3-16-36-69)106-94(112-100)70-37-17-4-18-38-70)52-60-84(88)103(83)79-55-57-80(58-56-79)104-85-61-53-77(101-113-95(71-39-19-5-20-40-71)107-96(114-101)72-41-21-6-22-42-72)65-89(85)118(82-49-29-10-30-50-82)90-66-78(54-62-86(90)104)102-115-97(73-43-23-7-24-44-73)108-98(116-102)74-45-25-8-26-46-74/h1-66H. The van der Waals surface area contributed by atoms with Gasteiger partial charge in [-0.3, -0.25) is 0 Å². The number of nitrogens with zero attached hydrogens (tertiary/aromatic N) is 14. The van der Waals surface area contributed by atoms with Crippen LogP contribution in [0.15, 0.2) is 400 Å². The van der Waals surface area contributed by atoms with Gasteiger partial charge in [-0.2, -0.15) is 0 Å². The Morgan fingerprint density at radius 2 is 0.297 bits per heavy atom. The van der Waals surface area contributed by atoms with Crippen molar-refractivity contribution in [3.63, 3.8) is 0 Å². The number of rotatable bonds is 16. The van der Waals surface area contributed by atoms with Crippen molar-refractivity contribution in [2.24, 2.45) is 0 Å². The Labute approximate surface area is 682 Å². The fourth-order valence-electron chi connectivity index (χ4n) is 16.1. The number of para-hydroxylation sites is 2. The third-order valence-corrected chi connectivity index (χ3v) is 21.8. The van der Waals surface area contributed by atoms with E-state index in [4.69, 9.17) is 59.8 Å². The molecule has 6 heterocycles. The Bertz CT molecular complexity index is 5910. The van der Waals surface area contributed by atoms with E-state index in [9.17, 15) is 0 Å². The molecule has 0 fully saturated rings. The lowest BCUT2D eigenvalue weighted by Crippen LogP contribution is -2.59. The van der Waals surface area contributed by atoms with Crippen LogP contribution < -0.4 is 42.6 Å². The van der Waals surface area contributed by atoms with Crippen molar-refractivity contribution in [2.75, 3.05) is 9.80 Å². The van der Waals surface area contributed by atoms with E-state index in [1.54, 1.807) is 0 Å². The Kier molecular flexibility index (Phi) is 18.1. The molecule has 21 rings (SSSR count). The molecule has 15 aromatic carbocycles. The van der Waals surface area contributed by atoms with E-state index in [0.29, 0.717) is 69.9 Å². The molecular weight excluding hydrogens is 1440 g/mol. The van der Waals surface area contributed by atoms with Crippen molar-refractivity contribution < 1.29 is 0 Å². The predicted molar refractivity (Wildman–Crippen MR) is 477 cm³/mol. The lowest BCUT2D eigenvalue weighted by molar-refractivity contribution is 1.07. The van der Waals surface area contributed by atoms with Crippen molar-refractivity contribution in [1.29, 1.82) is 0 Å². The maximum Gasteiger partial charge on any atom is 0.246 e. The van der Waals surface area contributed by atoms with Crippen molar-refractivity contribution in [1.82, 2.24) is 59.8 Å². The highest BCUT2D eigenvalue weighted by atomic mass is 15.2. The summed E-state index contributed by atoms with van der Waals surface area (Å²) in [6.07, 6.45) is 0. The zero-order chi connectivity index (χ0) is 78.2. The van der Waals surface area contributed by atoms with E-state index in [0.717, 1.165) is 134 Å². The van der Waals surface area contributed by atoms with Gasteiger partial charge < -0.3 is 9.80 Å². The van der Waals surface area contributed by atoms with Gasteiger partial charge >= 0.3 is 0 Å². The molecule has 550 valence electrons. The van der Waals surface area contributed by atoms with Crippen LogP contribution in [0.5, 0.6) is 0 Å². The Hall–Kier alpha value is -15.9. The Balaban J connectivity index is 0.766. The summed E-state index contributed by atoms with van der Waals surface area (Å²) in [6.45, 7) is -0.626. The largest absolute Gasteiger partial charge is 0.311 e. The zero-order valence-corrected chi connectivity index (χ0v) is 63.5. The second-order valence-electron chi connectivity index (χ2n) is 29.1. The smallest absolute Gasteiger partial charge is 0.246 e. The molecule has 16 heteroatoms. The zero-order valence-electron chi connectivity index (χ0n) is 63.5. The fourth-order valence-corrected chi connectivity index (χ4v) is 16.1. The van der Waals surface area contributed by atoms with Crippen LogP contribution in [0.4, 0.5) is 34.1 Å². The van der Waals surface area contributed by atoms with Gasteiger partial charge in [0.05, 0.1) is 0 Å².